The summed E-state index contributed by atoms with van der Waals surface area (Å²) in [5.41, 5.74) is -0.198. The fourth-order valence-electron chi connectivity index (χ4n) is 5.77. The molecule has 20 heteroatoms. The van der Waals surface area contributed by atoms with E-state index in [9.17, 15) is 39.5 Å². The Morgan fingerprint density at radius 1 is 0.672 bits per heavy atom. The third-order valence-corrected chi connectivity index (χ3v) is 8.63. The van der Waals surface area contributed by atoms with Crippen LogP contribution in [0.2, 0.25) is 0 Å². The van der Waals surface area contributed by atoms with Crippen molar-refractivity contribution in [2.24, 2.45) is 0 Å². The van der Waals surface area contributed by atoms with Crippen LogP contribution in [0.3, 0.4) is 0 Å². The zero-order chi connectivity index (χ0) is 43.0. The Balaban J connectivity index is 0.000000201. The van der Waals surface area contributed by atoms with Crippen molar-refractivity contribution < 1.29 is 69.1 Å². The van der Waals surface area contributed by atoms with Gasteiger partial charge < -0.3 is 34.4 Å². The van der Waals surface area contributed by atoms with Crippen molar-refractivity contribution in [1.82, 2.24) is 15.0 Å². The molecule has 2 aliphatic rings. The van der Waals surface area contributed by atoms with Gasteiger partial charge in [-0.3, -0.25) is 0 Å². The van der Waals surface area contributed by atoms with Gasteiger partial charge in [-0.15, -0.1) is 53.8 Å². The number of nitrogens with one attached hydrogen (secondary N) is 1. The number of benzene rings is 3. The van der Waals surface area contributed by atoms with Crippen molar-refractivity contribution in [3.05, 3.63) is 146 Å². The number of halogens is 9. The summed E-state index contributed by atoms with van der Waals surface area (Å²) in [6.07, 6.45) is -10.5. The minimum atomic E-state index is -4.57. The van der Waals surface area contributed by atoms with E-state index >= 15 is 0 Å². The van der Waals surface area contributed by atoms with E-state index in [-0.39, 0.29) is 54.7 Å². The number of anilines is 7. The maximum atomic E-state index is 13.7. The molecule has 0 atom stereocenters. The largest absolute Gasteiger partial charge is 0.513 e. The Morgan fingerprint density at radius 3 is 1.74 bits per heavy atom. The van der Waals surface area contributed by atoms with E-state index in [0.717, 1.165) is 54.2 Å². The van der Waals surface area contributed by atoms with Crippen molar-refractivity contribution in [1.29, 1.82) is 0 Å². The molecule has 0 saturated carbocycles. The summed E-state index contributed by atoms with van der Waals surface area (Å²) in [4.78, 5) is 19.2. The molecule has 10 nitrogen and oxygen atoms in total. The zero-order valence-corrected chi connectivity index (χ0v) is 34.0. The molecule has 321 valence electrons. The Bertz CT molecular complexity index is 2420. The number of hydrogen-bond acceptors (Lipinski definition) is 10. The number of ether oxygens (including phenoxy) is 2. The van der Waals surface area contributed by atoms with E-state index < -0.39 is 35.2 Å². The van der Waals surface area contributed by atoms with Crippen LogP contribution in [0.15, 0.2) is 97.3 Å². The van der Waals surface area contributed by atoms with Crippen molar-refractivity contribution in [3.63, 3.8) is 0 Å². The molecule has 0 unspecified atom stereocenters. The molecule has 6 aromatic rings. The molecule has 3 aromatic heterocycles. The van der Waals surface area contributed by atoms with Crippen LogP contribution in [-0.2, 0) is 38.6 Å². The van der Waals surface area contributed by atoms with Crippen LogP contribution >= 0.6 is 0 Å². The van der Waals surface area contributed by atoms with Crippen molar-refractivity contribution in [3.8, 4) is 23.3 Å². The molecule has 0 aliphatic carbocycles. The molecular weight excluding hydrogens is 1000 g/mol. The van der Waals surface area contributed by atoms with Gasteiger partial charge in [0.2, 0.25) is 11.8 Å². The van der Waals surface area contributed by atoms with Gasteiger partial charge in [0.05, 0.1) is 0 Å². The minimum Gasteiger partial charge on any atom is -0.513 e. The van der Waals surface area contributed by atoms with E-state index in [0.29, 0.717) is 23.0 Å². The van der Waals surface area contributed by atoms with E-state index in [2.05, 4.69) is 38.5 Å². The van der Waals surface area contributed by atoms with Crippen LogP contribution in [0.5, 0.6) is 23.3 Å². The molecule has 1 radical (unpaired) electrons. The number of nitrogens with zero attached hydrogens (tertiary/aromatic N) is 7. The van der Waals surface area contributed by atoms with Crippen LogP contribution in [0.4, 0.5) is 79.6 Å². The van der Waals surface area contributed by atoms with Gasteiger partial charge in [-0.2, -0.15) is 82.1 Å². The molecule has 0 amide bonds. The van der Waals surface area contributed by atoms with E-state index in [1.807, 2.05) is 13.1 Å². The summed E-state index contributed by atoms with van der Waals surface area (Å²) in [7, 11) is 5.17. The fourth-order valence-corrected chi connectivity index (χ4v) is 5.77. The van der Waals surface area contributed by atoms with Gasteiger partial charge in [-0.05, 0) is 31.3 Å². The number of aromatic nitrogens is 3. The summed E-state index contributed by atoms with van der Waals surface area (Å²) >= 11 is 0. The van der Waals surface area contributed by atoms with Gasteiger partial charge in [0.25, 0.3) is 0 Å². The molecule has 1 N–H and O–H groups in total. The number of fused-ring (bicyclic) bond motifs is 2. The number of pyridine rings is 3. The summed E-state index contributed by atoms with van der Waals surface area (Å²) in [5.74, 6) is 0.297. The van der Waals surface area contributed by atoms with Crippen molar-refractivity contribution in [2.75, 3.05) is 46.1 Å². The van der Waals surface area contributed by atoms with Crippen LogP contribution in [0.1, 0.15) is 16.7 Å². The van der Waals surface area contributed by atoms with Gasteiger partial charge in [-0.1, -0.05) is 16.7 Å². The molecule has 0 saturated heterocycles. The summed E-state index contributed by atoms with van der Waals surface area (Å²) in [6, 6.07) is 25.6. The number of hydrogen-bond donors (Lipinski definition) is 1. The second kappa shape index (κ2) is 17.4. The Labute approximate surface area is 356 Å². The Kier molecular flexibility index (Phi) is 12.6. The van der Waals surface area contributed by atoms with Crippen LogP contribution < -0.4 is 34.4 Å². The first-order chi connectivity index (χ1) is 28.3. The van der Waals surface area contributed by atoms with Crippen molar-refractivity contribution in [2.45, 2.75) is 18.5 Å². The predicted molar refractivity (Wildman–Crippen MR) is 203 cm³/mol. The normalized spacial score (nSPS) is 13.3. The number of rotatable bonds is 7. The first-order valence-corrected chi connectivity index (χ1v) is 17.4. The van der Waals surface area contributed by atoms with Gasteiger partial charge in [-0.25, -0.2) is 9.97 Å². The van der Waals surface area contributed by atoms with Gasteiger partial charge in [0.1, 0.15) is 11.6 Å². The van der Waals surface area contributed by atoms with Crippen LogP contribution in [-0.4, -0.2) is 36.1 Å². The number of alkyl halides is 9. The van der Waals surface area contributed by atoms with Crippen molar-refractivity contribution >= 4 is 40.1 Å². The first kappa shape index (κ1) is 44.3. The zero-order valence-electron chi connectivity index (χ0n) is 31.6. The average molecular weight is 1030 g/mol. The monoisotopic (exact) mass is 1030 g/mol. The SMILES string of the molecule is CN(C)c1cc(Oc2[c-]ccc(C(F)(F)F)c2)nc(Oc2[c-]ccc(C(F)(F)F)c2)c1.CN1[CH-]N(c2[c-]c(N3[CH-]Nc4cccnc43)cc(C(F)(F)F)c2)c2ncccc21.[Ir]. The molecule has 3 aromatic carbocycles. The second-order valence-corrected chi connectivity index (χ2v) is 13.1. The fraction of sp³-hybridized carbons (Fsp3) is 0.146. The van der Waals surface area contributed by atoms with E-state index in [1.165, 1.54) is 12.1 Å². The van der Waals surface area contributed by atoms with Gasteiger partial charge in [0.15, 0.2) is 0 Å². The predicted octanol–water partition coefficient (Wildman–Crippen LogP) is 11.1. The molecule has 0 spiro atoms. The molecular formula is C41H28F9IrN8O2-5. The quantitative estimate of drug-likeness (QED) is 0.123. The Morgan fingerprint density at radius 2 is 1.20 bits per heavy atom. The van der Waals surface area contributed by atoms with Crippen LogP contribution in [0, 0.1) is 31.5 Å². The maximum Gasteiger partial charge on any atom is 0.394 e. The standard InChI is InChI=1S/C21H14F6N2O2.C20H14F3N6.Ir/c1-29(2)15-11-18(30-16-7-3-5-13(9-16)20(22,23)24)28-19(12-15)31-17-8-4-6-14(10-17)21(25,26)27;1-27-12-29(19-17(27)5-3-7-25-19)15-9-13(20(21,22)23)8-14(10-15)28-11-26-16-4-2-6-24-18(16)28;/h3-6,9-12H,1-2H3;2-9,11-12,26H,1H3;/q-2;-3;. The third-order valence-electron chi connectivity index (χ3n) is 8.63. The Hall–Kier alpha value is -6.27. The maximum absolute atomic E-state index is 13.7. The summed E-state index contributed by atoms with van der Waals surface area (Å²) < 4.78 is 129. The molecule has 0 fully saturated rings. The summed E-state index contributed by atoms with van der Waals surface area (Å²) in [5, 5.41) is 3.01. The third kappa shape index (κ3) is 10.2. The molecule has 2 aliphatic heterocycles. The molecule has 5 heterocycles. The van der Waals surface area contributed by atoms with Gasteiger partial charge in [0, 0.05) is 87.3 Å². The van der Waals surface area contributed by atoms with Gasteiger partial charge >= 0.3 is 18.5 Å². The minimum absolute atomic E-state index is 0. The summed E-state index contributed by atoms with van der Waals surface area (Å²) in [6.45, 7) is 3.25. The second-order valence-electron chi connectivity index (χ2n) is 13.1. The molecule has 8 rings (SSSR count). The molecule has 0 bridgehead atoms. The average Bonchev–Trinajstić information content (AvgIpc) is 3.78. The topological polar surface area (TPSA) is 82.1 Å². The van der Waals surface area contributed by atoms with E-state index in [4.69, 9.17) is 9.47 Å². The first-order valence-electron chi connectivity index (χ1n) is 17.4. The van der Waals surface area contributed by atoms with E-state index in [1.54, 1.807) is 77.6 Å². The van der Waals surface area contributed by atoms with Crippen LogP contribution in [0.25, 0.3) is 0 Å². The smallest absolute Gasteiger partial charge is 0.394 e. The molecule has 61 heavy (non-hydrogen) atoms.